The van der Waals surface area contributed by atoms with Gasteiger partial charge in [-0.05, 0) is 24.6 Å². The molecule has 1 heterocycles. The Bertz CT molecular complexity index is 776. The first kappa shape index (κ1) is 15.2. The second-order valence-corrected chi connectivity index (χ2v) is 5.74. The standard InChI is InChI=1S/C19H20N3O/c1-14-9-11-16(12-10-14)13-20-18-15(2)21(3)22(19(18)23)17-7-5-4-6-8-17/h4-13,18H,1-3H3/q+1. The number of carbonyl (C=O) groups is 1. The lowest BCUT2D eigenvalue weighted by atomic mass is 10.1. The fraction of sp³-hybridized carbons (Fsp3) is 0.211. The van der Waals surface area contributed by atoms with Gasteiger partial charge >= 0.3 is 5.91 Å². The molecule has 1 amide bonds. The monoisotopic (exact) mass is 306 g/mol. The minimum Gasteiger partial charge on any atom is -0.268 e. The van der Waals surface area contributed by atoms with Gasteiger partial charge in [0.2, 0.25) is 11.8 Å². The first-order chi connectivity index (χ1) is 11.1. The molecule has 3 rings (SSSR count). The molecule has 2 aromatic carbocycles. The van der Waals surface area contributed by atoms with Crippen LogP contribution in [0, 0.1) is 6.92 Å². The van der Waals surface area contributed by atoms with Crippen molar-refractivity contribution in [2.75, 3.05) is 12.1 Å². The summed E-state index contributed by atoms with van der Waals surface area (Å²) in [5.41, 5.74) is 3.98. The lowest BCUT2D eigenvalue weighted by Crippen LogP contribution is -2.35. The highest BCUT2D eigenvalue weighted by molar-refractivity contribution is 6.15. The number of anilines is 1. The Morgan fingerprint density at radius 3 is 2.35 bits per heavy atom. The van der Waals surface area contributed by atoms with E-state index in [0.717, 1.165) is 17.0 Å². The van der Waals surface area contributed by atoms with Crippen LogP contribution >= 0.6 is 0 Å². The van der Waals surface area contributed by atoms with Crippen LogP contribution in [0.3, 0.4) is 0 Å². The maximum atomic E-state index is 12.8. The molecule has 0 aliphatic carbocycles. The molecule has 116 valence electrons. The number of aryl methyl sites for hydroxylation is 1. The summed E-state index contributed by atoms with van der Waals surface area (Å²) >= 11 is 0. The van der Waals surface area contributed by atoms with E-state index in [1.807, 2.05) is 80.2 Å². The Labute approximate surface area is 136 Å². The number of nitrogens with zero attached hydrogens (tertiary/aromatic N) is 3. The van der Waals surface area contributed by atoms with Gasteiger partial charge < -0.3 is 0 Å². The molecule has 0 bridgehead atoms. The van der Waals surface area contributed by atoms with E-state index >= 15 is 0 Å². The second kappa shape index (κ2) is 6.16. The molecule has 0 aromatic heterocycles. The van der Waals surface area contributed by atoms with Gasteiger partial charge in [-0.25, -0.2) is 0 Å². The van der Waals surface area contributed by atoms with Crippen LogP contribution in [-0.4, -0.2) is 35.6 Å². The second-order valence-electron chi connectivity index (χ2n) is 5.74. The third-order valence-electron chi connectivity index (χ3n) is 4.10. The summed E-state index contributed by atoms with van der Waals surface area (Å²) in [4.78, 5) is 17.3. The normalized spacial score (nSPS) is 18.3. The number of hydrogen-bond acceptors (Lipinski definition) is 2. The maximum Gasteiger partial charge on any atom is 0.318 e. The van der Waals surface area contributed by atoms with E-state index in [1.54, 1.807) is 11.2 Å². The predicted octanol–water partition coefficient (Wildman–Crippen LogP) is 2.85. The summed E-state index contributed by atoms with van der Waals surface area (Å²) in [7, 11) is 1.89. The van der Waals surface area contributed by atoms with Crippen molar-refractivity contribution in [3.8, 4) is 0 Å². The van der Waals surface area contributed by atoms with Gasteiger partial charge in [-0.3, -0.25) is 9.79 Å². The Morgan fingerprint density at radius 1 is 1.04 bits per heavy atom. The Kier molecular flexibility index (Phi) is 4.06. The van der Waals surface area contributed by atoms with Gasteiger partial charge in [0, 0.05) is 13.1 Å². The molecule has 0 fully saturated rings. The fourth-order valence-electron chi connectivity index (χ4n) is 2.63. The van der Waals surface area contributed by atoms with Crippen LogP contribution in [0.2, 0.25) is 0 Å². The molecule has 0 N–H and O–H groups in total. The third kappa shape index (κ3) is 2.93. The third-order valence-corrected chi connectivity index (χ3v) is 4.10. The van der Waals surface area contributed by atoms with E-state index in [2.05, 4.69) is 4.99 Å². The van der Waals surface area contributed by atoms with Crippen LogP contribution in [0.15, 0.2) is 59.6 Å². The Morgan fingerprint density at radius 2 is 1.70 bits per heavy atom. The van der Waals surface area contributed by atoms with E-state index in [0.29, 0.717) is 0 Å². The maximum absolute atomic E-state index is 12.8. The van der Waals surface area contributed by atoms with Crippen molar-refractivity contribution in [1.29, 1.82) is 0 Å². The van der Waals surface area contributed by atoms with E-state index in [4.69, 9.17) is 0 Å². The molecule has 0 saturated heterocycles. The van der Waals surface area contributed by atoms with Crippen LogP contribution in [0.25, 0.3) is 0 Å². The minimum absolute atomic E-state index is 0.0282. The lowest BCUT2D eigenvalue weighted by Gasteiger charge is -2.10. The van der Waals surface area contributed by atoms with Crippen molar-refractivity contribution in [2.24, 2.45) is 4.99 Å². The average Bonchev–Trinajstić information content (AvgIpc) is 2.78. The highest BCUT2D eigenvalue weighted by Crippen LogP contribution is 2.20. The van der Waals surface area contributed by atoms with Crippen LogP contribution < -0.4 is 5.01 Å². The van der Waals surface area contributed by atoms with Gasteiger partial charge in [0.05, 0.1) is 0 Å². The zero-order valence-electron chi connectivity index (χ0n) is 13.6. The van der Waals surface area contributed by atoms with Gasteiger partial charge in [-0.2, -0.15) is 0 Å². The molecular formula is C19H20N3O+. The largest absolute Gasteiger partial charge is 0.318 e. The fourth-order valence-corrected chi connectivity index (χ4v) is 2.63. The van der Waals surface area contributed by atoms with Crippen molar-refractivity contribution in [3.63, 3.8) is 0 Å². The summed E-state index contributed by atoms with van der Waals surface area (Å²) in [6, 6.07) is 17.3. The first-order valence-corrected chi connectivity index (χ1v) is 7.64. The molecule has 1 aliphatic heterocycles. The van der Waals surface area contributed by atoms with Gasteiger partial charge in [-0.15, -0.1) is 4.68 Å². The zero-order chi connectivity index (χ0) is 16.4. The molecule has 1 aliphatic rings. The smallest absolute Gasteiger partial charge is 0.268 e. The number of hydrazone groups is 1. The molecule has 4 heteroatoms. The van der Waals surface area contributed by atoms with Crippen LogP contribution in [0.4, 0.5) is 5.69 Å². The number of rotatable bonds is 3. The average molecular weight is 306 g/mol. The van der Waals surface area contributed by atoms with Crippen molar-refractivity contribution < 1.29 is 9.48 Å². The molecule has 2 aromatic rings. The van der Waals surface area contributed by atoms with Crippen LogP contribution in [0.1, 0.15) is 18.1 Å². The van der Waals surface area contributed by atoms with Crippen molar-refractivity contribution >= 4 is 23.5 Å². The van der Waals surface area contributed by atoms with Crippen molar-refractivity contribution in [2.45, 2.75) is 19.9 Å². The van der Waals surface area contributed by atoms with E-state index in [9.17, 15) is 4.79 Å². The highest BCUT2D eigenvalue weighted by atomic mass is 16.2. The number of hydrogen-bond donors (Lipinski definition) is 0. The molecule has 23 heavy (non-hydrogen) atoms. The summed E-state index contributed by atoms with van der Waals surface area (Å²) in [5.74, 6) is -0.0282. The van der Waals surface area contributed by atoms with Crippen molar-refractivity contribution in [3.05, 3.63) is 65.7 Å². The Balaban J connectivity index is 1.87. The number of hydrazine groups is 1. The topological polar surface area (TPSA) is 35.7 Å². The Hall–Kier alpha value is -2.75. The van der Waals surface area contributed by atoms with Gasteiger partial charge in [-0.1, -0.05) is 53.0 Å². The number of carbonyl (C=O) groups excluding carboxylic acids is 1. The summed E-state index contributed by atoms with van der Waals surface area (Å²) < 4.78 is 1.87. The van der Waals surface area contributed by atoms with Crippen LogP contribution in [-0.2, 0) is 4.79 Å². The van der Waals surface area contributed by atoms with Gasteiger partial charge in [0.15, 0.2) is 7.05 Å². The zero-order valence-corrected chi connectivity index (χ0v) is 13.6. The molecule has 4 nitrogen and oxygen atoms in total. The van der Waals surface area contributed by atoms with E-state index < -0.39 is 6.04 Å². The predicted molar refractivity (Wildman–Crippen MR) is 93.4 cm³/mol. The molecule has 1 atom stereocenters. The van der Waals surface area contributed by atoms with Gasteiger partial charge in [0.25, 0.3) is 0 Å². The molecule has 0 saturated carbocycles. The van der Waals surface area contributed by atoms with Crippen LogP contribution in [0.5, 0.6) is 0 Å². The van der Waals surface area contributed by atoms with Crippen molar-refractivity contribution in [1.82, 2.24) is 0 Å². The summed E-state index contributed by atoms with van der Waals surface area (Å²) in [6.07, 6.45) is 1.77. The van der Waals surface area contributed by atoms with E-state index in [1.165, 1.54) is 5.56 Å². The highest BCUT2D eigenvalue weighted by Gasteiger charge is 2.44. The summed E-state index contributed by atoms with van der Waals surface area (Å²) in [6.45, 7) is 3.99. The minimum atomic E-state index is -0.471. The molecule has 0 spiro atoms. The number of aliphatic imine (C=N–C) groups is 1. The summed E-state index contributed by atoms with van der Waals surface area (Å²) in [5, 5.41) is 1.67. The quantitative estimate of drug-likeness (QED) is 0.634. The van der Waals surface area contributed by atoms with E-state index in [-0.39, 0.29) is 5.91 Å². The number of para-hydroxylation sites is 1. The first-order valence-electron chi connectivity index (χ1n) is 7.64. The number of amides is 1. The molecule has 0 radical (unpaired) electrons. The lowest BCUT2D eigenvalue weighted by molar-refractivity contribution is -0.495. The van der Waals surface area contributed by atoms with Gasteiger partial charge in [0.1, 0.15) is 5.69 Å². The molecule has 1 unspecified atom stereocenters. The SMILES string of the molecule is CC1=[N+](C)N(c2ccccc2)C(=O)C1N=Cc1ccc(C)cc1. The molecular weight excluding hydrogens is 286 g/mol. The number of benzene rings is 2.